The van der Waals surface area contributed by atoms with E-state index in [-0.39, 0.29) is 62.0 Å². The maximum atomic E-state index is 11.5. The lowest BCUT2D eigenvalue weighted by Gasteiger charge is -2.10. The van der Waals surface area contributed by atoms with Gasteiger partial charge in [0, 0.05) is 37.1 Å². The number of aromatic amines is 1. The number of nitrogens with one attached hydrogen (secondary N) is 3. The fourth-order valence-corrected chi connectivity index (χ4v) is 5.40. The molecule has 0 unspecified atom stereocenters. The van der Waals surface area contributed by atoms with E-state index < -0.39 is 0 Å². The molecule has 6 rings (SSSR count). The third-order valence-electron chi connectivity index (χ3n) is 7.45. The van der Waals surface area contributed by atoms with Crippen LogP contribution >= 0.6 is 23.2 Å². The third-order valence-corrected chi connectivity index (χ3v) is 8.06. The molecule has 0 radical (unpaired) electrons. The number of hydrogen-bond acceptors (Lipinski definition) is 11. The summed E-state index contributed by atoms with van der Waals surface area (Å²) in [4.78, 5) is 23.0. The van der Waals surface area contributed by atoms with Gasteiger partial charge < -0.3 is 39.7 Å². The summed E-state index contributed by atoms with van der Waals surface area (Å²) in [5, 5.41) is 56.0. The molecule has 4 aromatic carbocycles. The second kappa shape index (κ2) is 15.7. The van der Waals surface area contributed by atoms with Gasteiger partial charge in [0.15, 0.2) is 5.82 Å². The number of nitrogens with zero attached hydrogens (tertiary/aromatic N) is 2. The number of anilines is 2. The Morgan fingerprint density at radius 1 is 0.692 bits per heavy atom. The highest BCUT2D eigenvalue weighted by molar-refractivity contribution is 6.32. The monoisotopic (exact) mass is 747 g/mol. The van der Waals surface area contributed by atoms with Gasteiger partial charge in [-0.25, -0.2) is 0 Å². The Morgan fingerprint density at radius 2 is 1.17 bits per heavy atom. The van der Waals surface area contributed by atoms with Crippen molar-refractivity contribution >= 4 is 46.7 Å². The normalized spacial score (nSPS) is 10.6. The number of carbonyl (C=O) groups is 2. The molecule has 14 nitrogen and oxygen atoms in total. The summed E-state index contributed by atoms with van der Waals surface area (Å²) in [6, 6.07) is 19.2. The lowest BCUT2D eigenvalue weighted by atomic mass is 9.99. The van der Waals surface area contributed by atoms with Gasteiger partial charge in [-0.15, -0.1) is 0 Å². The molecule has 52 heavy (non-hydrogen) atoms. The molecule has 2 aromatic heterocycles. The predicted molar refractivity (Wildman–Crippen MR) is 195 cm³/mol. The fraction of sp³-hybridized carbons (Fsp3) is 0.111. The van der Waals surface area contributed by atoms with E-state index in [4.69, 9.17) is 37.2 Å². The van der Waals surface area contributed by atoms with Gasteiger partial charge in [-0.05, 0) is 47.5 Å². The van der Waals surface area contributed by atoms with E-state index in [1.165, 1.54) is 26.0 Å². The molecule has 0 aliphatic heterocycles. The van der Waals surface area contributed by atoms with E-state index in [1.807, 2.05) is 0 Å². The minimum absolute atomic E-state index is 0.0440. The van der Waals surface area contributed by atoms with E-state index in [2.05, 4.69) is 26.0 Å². The summed E-state index contributed by atoms with van der Waals surface area (Å²) in [5.74, 6) is 0.233. The number of phenolic OH excluding ortho intramolecular Hbond substituents is 4. The molecule has 0 saturated carbocycles. The van der Waals surface area contributed by atoms with Crippen molar-refractivity contribution in [3.63, 3.8) is 0 Å². The van der Waals surface area contributed by atoms with Crippen molar-refractivity contribution in [3.05, 3.63) is 82.8 Å². The van der Waals surface area contributed by atoms with Crippen molar-refractivity contribution in [2.75, 3.05) is 24.9 Å². The van der Waals surface area contributed by atoms with Gasteiger partial charge in [0.1, 0.15) is 40.2 Å². The third kappa shape index (κ3) is 7.98. The standard InChI is InChI=1S/C18H16ClN3O4.C18H15ClN2O5/c1-9(23)20-18-16(10-3-5-11(26-2)6-4-10)17(21-22-18)12-7-13(19)15(25)8-14(12)24;1-9(22)20-18-16(10-3-5-11(25-2)6-4-10)17(21-26-18)12-7-13(19)15(24)8-14(12)23/h3-8,24-25H,1-2H3,(H2,20,21,22,23);3-8,23-24H,1-2H3,(H,20,22). The predicted octanol–water partition coefficient (Wildman–Crippen LogP) is 7.82. The van der Waals surface area contributed by atoms with Crippen molar-refractivity contribution in [1.29, 1.82) is 0 Å². The minimum Gasteiger partial charge on any atom is -0.507 e. The number of aromatic nitrogens is 3. The van der Waals surface area contributed by atoms with Gasteiger partial charge in [-0.2, -0.15) is 5.10 Å². The van der Waals surface area contributed by atoms with Crippen LogP contribution in [0.1, 0.15) is 13.8 Å². The molecule has 0 atom stereocenters. The van der Waals surface area contributed by atoms with E-state index in [0.29, 0.717) is 45.3 Å². The molecule has 7 N–H and O–H groups in total. The largest absolute Gasteiger partial charge is 0.507 e. The van der Waals surface area contributed by atoms with Gasteiger partial charge in [-0.1, -0.05) is 52.6 Å². The van der Waals surface area contributed by atoms with Crippen molar-refractivity contribution in [3.8, 4) is 79.3 Å². The second-order valence-electron chi connectivity index (χ2n) is 11.0. The van der Waals surface area contributed by atoms with Crippen LogP contribution in [0, 0.1) is 0 Å². The quantitative estimate of drug-likeness (QED) is 0.0797. The average molecular weight is 749 g/mol. The summed E-state index contributed by atoms with van der Waals surface area (Å²) in [6.07, 6.45) is 0. The maximum absolute atomic E-state index is 11.5. The highest BCUT2D eigenvalue weighted by atomic mass is 35.5. The average Bonchev–Trinajstić information content (AvgIpc) is 3.71. The Kier molecular flexibility index (Phi) is 11.1. The number of halogens is 2. The van der Waals surface area contributed by atoms with E-state index in [0.717, 1.165) is 17.7 Å². The first-order valence-electron chi connectivity index (χ1n) is 15.2. The fourth-order valence-electron chi connectivity index (χ4n) is 5.07. The number of hydrogen-bond donors (Lipinski definition) is 7. The molecule has 0 aliphatic rings. The van der Waals surface area contributed by atoms with E-state index >= 15 is 0 Å². The maximum Gasteiger partial charge on any atom is 0.239 e. The summed E-state index contributed by atoms with van der Waals surface area (Å²) in [6.45, 7) is 2.72. The van der Waals surface area contributed by atoms with Crippen LogP contribution in [0.5, 0.6) is 34.5 Å². The zero-order valence-electron chi connectivity index (χ0n) is 27.9. The first-order valence-corrected chi connectivity index (χ1v) is 15.9. The molecular weight excluding hydrogens is 717 g/mol. The Labute approximate surface area is 306 Å². The van der Waals surface area contributed by atoms with Crippen LogP contribution in [-0.2, 0) is 9.59 Å². The lowest BCUT2D eigenvalue weighted by molar-refractivity contribution is -0.115. The first kappa shape index (κ1) is 36.9. The van der Waals surface area contributed by atoms with Crippen LogP contribution in [0.4, 0.5) is 11.7 Å². The molecule has 0 aliphatic carbocycles. The zero-order valence-corrected chi connectivity index (χ0v) is 29.4. The summed E-state index contributed by atoms with van der Waals surface area (Å²) >= 11 is 11.9. The second-order valence-corrected chi connectivity index (χ2v) is 11.8. The number of H-pyrrole nitrogens is 1. The molecule has 0 bridgehead atoms. The van der Waals surface area contributed by atoms with Crippen LogP contribution in [0.25, 0.3) is 44.8 Å². The summed E-state index contributed by atoms with van der Waals surface area (Å²) < 4.78 is 15.6. The van der Waals surface area contributed by atoms with Crippen molar-refractivity contribution < 1.29 is 44.0 Å². The molecular formula is C36H31Cl2N5O9. The Hall–Kier alpha value is -6.38. The molecule has 268 valence electrons. The molecule has 2 heterocycles. The number of methoxy groups -OCH3 is 2. The SMILES string of the molecule is COc1ccc(-c2c(-c3cc(Cl)c(O)cc3O)noc2NC(C)=O)cc1.COc1ccc(-c2c(NC(C)=O)n[nH]c2-c2cc(Cl)c(O)cc2O)cc1. The number of rotatable bonds is 8. The van der Waals surface area contributed by atoms with Crippen LogP contribution in [0.3, 0.4) is 0 Å². The number of carbonyl (C=O) groups excluding carboxylic acids is 2. The van der Waals surface area contributed by atoms with Crippen molar-refractivity contribution in [2.24, 2.45) is 0 Å². The molecule has 2 amide bonds. The van der Waals surface area contributed by atoms with Crippen LogP contribution in [0.2, 0.25) is 10.0 Å². The van der Waals surface area contributed by atoms with E-state index in [9.17, 15) is 30.0 Å². The lowest BCUT2D eigenvalue weighted by Crippen LogP contribution is -2.07. The highest BCUT2D eigenvalue weighted by Crippen LogP contribution is 2.45. The molecule has 0 spiro atoms. The van der Waals surface area contributed by atoms with E-state index in [1.54, 1.807) is 62.8 Å². The van der Waals surface area contributed by atoms with Gasteiger partial charge in [0.25, 0.3) is 0 Å². The van der Waals surface area contributed by atoms with Gasteiger partial charge in [0.05, 0.1) is 41.1 Å². The molecule has 6 aromatic rings. The topological polar surface area (TPSA) is 212 Å². The smallest absolute Gasteiger partial charge is 0.239 e. The number of ether oxygens (including phenoxy) is 2. The first-order chi connectivity index (χ1) is 24.8. The Bertz CT molecular complexity index is 2090. The zero-order chi connectivity index (χ0) is 37.7. The van der Waals surface area contributed by atoms with Crippen LogP contribution < -0.4 is 20.1 Å². The number of amides is 2. The summed E-state index contributed by atoms with van der Waals surface area (Å²) in [5.41, 5.74) is 3.73. The van der Waals surface area contributed by atoms with Crippen LogP contribution in [-0.4, -0.2) is 61.8 Å². The van der Waals surface area contributed by atoms with Crippen molar-refractivity contribution in [2.45, 2.75) is 13.8 Å². The molecule has 0 fully saturated rings. The minimum atomic E-state index is -0.338. The molecule has 16 heteroatoms. The van der Waals surface area contributed by atoms with Gasteiger partial charge >= 0.3 is 0 Å². The Morgan fingerprint density at radius 3 is 1.67 bits per heavy atom. The van der Waals surface area contributed by atoms with Crippen molar-refractivity contribution in [1.82, 2.24) is 15.4 Å². The molecule has 0 saturated heterocycles. The van der Waals surface area contributed by atoms with Gasteiger partial charge in [-0.3, -0.25) is 20.0 Å². The highest BCUT2D eigenvalue weighted by Gasteiger charge is 2.24. The Balaban J connectivity index is 0.000000201. The van der Waals surface area contributed by atoms with Gasteiger partial charge in [0.2, 0.25) is 17.7 Å². The summed E-state index contributed by atoms with van der Waals surface area (Å²) in [7, 11) is 3.12. The number of phenols is 4. The number of benzene rings is 4. The van der Waals surface area contributed by atoms with Crippen LogP contribution in [0.15, 0.2) is 77.3 Å². The number of aromatic hydroxyl groups is 4.